The topological polar surface area (TPSA) is 89.8 Å². The normalized spacial score (nSPS) is 13.7. The summed E-state index contributed by atoms with van der Waals surface area (Å²) in [6.07, 6.45) is 1.06. The van der Waals surface area contributed by atoms with E-state index in [9.17, 15) is 19.7 Å². The zero-order valence-corrected chi connectivity index (χ0v) is 11.0. The van der Waals surface area contributed by atoms with E-state index in [-0.39, 0.29) is 36.2 Å². The number of nitro benzene ring substituents is 1. The quantitative estimate of drug-likeness (QED) is 0.604. The van der Waals surface area contributed by atoms with Gasteiger partial charge >= 0.3 is 0 Å². The van der Waals surface area contributed by atoms with Crippen molar-refractivity contribution in [2.75, 3.05) is 18.1 Å². The molecular formula is C13H14N2O5. The minimum atomic E-state index is -0.550. The first-order valence-corrected chi connectivity index (χ1v) is 6.26. The number of benzene rings is 1. The lowest BCUT2D eigenvalue weighted by molar-refractivity contribution is -0.384. The van der Waals surface area contributed by atoms with Crippen LogP contribution in [0, 0.1) is 10.1 Å². The molecule has 0 spiro atoms. The van der Waals surface area contributed by atoms with E-state index in [0.29, 0.717) is 18.6 Å². The fraction of sp³-hybridized carbons (Fsp3) is 0.385. The summed E-state index contributed by atoms with van der Waals surface area (Å²) in [6.45, 7) is 1.63. The Balaban J connectivity index is 2.34. The molecule has 0 saturated heterocycles. The van der Waals surface area contributed by atoms with Crippen molar-refractivity contribution < 1.29 is 19.2 Å². The van der Waals surface area contributed by atoms with Gasteiger partial charge in [0.1, 0.15) is 5.75 Å². The van der Waals surface area contributed by atoms with Crippen molar-refractivity contribution in [1.82, 2.24) is 0 Å². The lowest BCUT2D eigenvalue weighted by atomic mass is 10.1. The van der Waals surface area contributed by atoms with Crippen molar-refractivity contribution >= 4 is 23.1 Å². The molecule has 20 heavy (non-hydrogen) atoms. The lowest BCUT2D eigenvalue weighted by Crippen LogP contribution is -2.41. The molecule has 1 aromatic carbocycles. The molecule has 0 unspecified atom stereocenters. The predicted octanol–water partition coefficient (Wildman–Crippen LogP) is 1.69. The highest BCUT2D eigenvalue weighted by Crippen LogP contribution is 2.35. The van der Waals surface area contributed by atoms with Gasteiger partial charge in [-0.2, -0.15) is 0 Å². The van der Waals surface area contributed by atoms with Gasteiger partial charge in [0.2, 0.25) is 0 Å². The Morgan fingerprint density at radius 1 is 1.50 bits per heavy atom. The molecule has 1 heterocycles. The number of carbonyl (C=O) groups excluding carboxylic acids is 2. The van der Waals surface area contributed by atoms with E-state index < -0.39 is 4.92 Å². The molecule has 0 aromatic heterocycles. The van der Waals surface area contributed by atoms with Crippen molar-refractivity contribution in [3.8, 4) is 5.75 Å². The molecule has 0 aliphatic carbocycles. The van der Waals surface area contributed by atoms with Crippen LogP contribution < -0.4 is 9.64 Å². The molecule has 0 bridgehead atoms. The first-order chi connectivity index (χ1) is 9.52. The van der Waals surface area contributed by atoms with Gasteiger partial charge in [-0.3, -0.25) is 24.6 Å². The molecule has 0 atom stereocenters. The molecule has 0 radical (unpaired) electrons. The van der Waals surface area contributed by atoms with E-state index >= 15 is 0 Å². The van der Waals surface area contributed by atoms with Crippen molar-refractivity contribution in [2.24, 2.45) is 0 Å². The number of anilines is 1. The lowest BCUT2D eigenvalue weighted by Gasteiger charge is -2.28. The summed E-state index contributed by atoms with van der Waals surface area (Å²) in [5, 5.41) is 10.8. The largest absolute Gasteiger partial charge is 0.482 e. The van der Waals surface area contributed by atoms with Gasteiger partial charge in [-0.05, 0) is 12.5 Å². The van der Waals surface area contributed by atoms with Gasteiger partial charge in [0.05, 0.1) is 17.2 Å². The smallest absolute Gasteiger partial charge is 0.271 e. The highest BCUT2D eigenvalue weighted by atomic mass is 16.6. The number of amides is 1. The second-order valence-corrected chi connectivity index (χ2v) is 4.47. The van der Waals surface area contributed by atoms with Crippen molar-refractivity contribution in [3.05, 3.63) is 28.3 Å². The summed E-state index contributed by atoms with van der Waals surface area (Å²) < 4.78 is 5.22. The summed E-state index contributed by atoms with van der Waals surface area (Å²) >= 11 is 0. The van der Waals surface area contributed by atoms with Crippen molar-refractivity contribution in [3.63, 3.8) is 0 Å². The summed E-state index contributed by atoms with van der Waals surface area (Å²) in [6, 6.07) is 4.00. The molecule has 2 rings (SSSR count). The first kappa shape index (κ1) is 14.0. The number of fused-ring (bicyclic) bond motifs is 1. The SMILES string of the molecule is CCCC(=O)CN1C(=O)COc2ccc([N+](=O)[O-])cc21. The van der Waals surface area contributed by atoms with Crippen LogP contribution in [-0.4, -0.2) is 29.8 Å². The summed E-state index contributed by atoms with van der Waals surface area (Å²) in [4.78, 5) is 35.1. The van der Waals surface area contributed by atoms with Gasteiger partial charge in [0.15, 0.2) is 12.4 Å². The standard InChI is InChI=1S/C13H14N2O5/c1-2-3-10(16)7-14-11-6-9(15(18)19)4-5-12(11)20-8-13(14)17/h4-6H,2-3,7-8H2,1H3. The Hall–Kier alpha value is -2.44. The monoisotopic (exact) mass is 278 g/mol. The summed E-state index contributed by atoms with van der Waals surface area (Å²) in [7, 11) is 0. The van der Waals surface area contributed by atoms with Crippen LogP contribution in [0.1, 0.15) is 19.8 Å². The van der Waals surface area contributed by atoms with Crippen molar-refractivity contribution in [2.45, 2.75) is 19.8 Å². The number of Topliss-reactive ketones (excluding diaryl/α,β-unsaturated/α-hetero) is 1. The number of hydrogen-bond acceptors (Lipinski definition) is 5. The van der Waals surface area contributed by atoms with Crippen LogP contribution in [0.25, 0.3) is 0 Å². The van der Waals surface area contributed by atoms with Crippen LogP contribution in [0.2, 0.25) is 0 Å². The van der Waals surface area contributed by atoms with E-state index in [1.807, 2.05) is 6.92 Å². The second kappa shape index (κ2) is 5.68. The van der Waals surface area contributed by atoms with Gasteiger partial charge in [-0.25, -0.2) is 0 Å². The number of ether oxygens (including phenoxy) is 1. The molecule has 1 aliphatic rings. The number of nitrogens with zero attached hydrogens (tertiary/aromatic N) is 2. The molecule has 1 amide bonds. The number of nitro groups is 1. The van der Waals surface area contributed by atoms with Gasteiger partial charge in [0.25, 0.3) is 11.6 Å². The van der Waals surface area contributed by atoms with E-state index in [2.05, 4.69) is 0 Å². The molecule has 0 N–H and O–H groups in total. The highest BCUT2D eigenvalue weighted by Gasteiger charge is 2.28. The summed E-state index contributed by atoms with van der Waals surface area (Å²) in [5.41, 5.74) is 0.134. The maximum absolute atomic E-state index is 11.9. The molecule has 106 valence electrons. The number of ketones is 1. The number of carbonyl (C=O) groups is 2. The average Bonchev–Trinajstić information content (AvgIpc) is 2.41. The molecular weight excluding hydrogens is 264 g/mol. The molecule has 0 fully saturated rings. The molecule has 7 heteroatoms. The Labute approximate surface area is 115 Å². The third-order valence-corrected chi connectivity index (χ3v) is 2.96. The predicted molar refractivity (Wildman–Crippen MR) is 70.9 cm³/mol. The first-order valence-electron chi connectivity index (χ1n) is 6.26. The Morgan fingerprint density at radius 2 is 2.25 bits per heavy atom. The highest BCUT2D eigenvalue weighted by molar-refractivity contribution is 6.02. The second-order valence-electron chi connectivity index (χ2n) is 4.47. The van der Waals surface area contributed by atoms with Gasteiger partial charge in [0, 0.05) is 18.6 Å². The van der Waals surface area contributed by atoms with Crippen LogP contribution in [0.4, 0.5) is 11.4 Å². The minimum absolute atomic E-state index is 0.0792. The summed E-state index contributed by atoms with van der Waals surface area (Å²) in [5.74, 6) is -0.0813. The molecule has 1 aromatic rings. The number of hydrogen-bond donors (Lipinski definition) is 0. The zero-order chi connectivity index (χ0) is 14.7. The molecule has 0 saturated carbocycles. The number of rotatable bonds is 5. The van der Waals surface area contributed by atoms with Crippen LogP contribution in [0.5, 0.6) is 5.75 Å². The Kier molecular flexibility index (Phi) is 3.97. The third kappa shape index (κ3) is 2.76. The van der Waals surface area contributed by atoms with E-state index in [0.717, 1.165) is 0 Å². The van der Waals surface area contributed by atoms with E-state index in [4.69, 9.17) is 4.74 Å². The van der Waals surface area contributed by atoms with Crippen molar-refractivity contribution in [1.29, 1.82) is 0 Å². The van der Waals surface area contributed by atoms with Crippen LogP contribution in [-0.2, 0) is 9.59 Å². The van der Waals surface area contributed by atoms with Gasteiger partial charge in [-0.15, -0.1) is 0 Å². The van der Waals surface area contributed by atoms with E-state index in [1.165, 1.54) is 23.1 Å². The maximum Gasteiger partial charge on any atom is 0.271 e. The van der Waals surface area contributed by atoms with Gasteiger partial charge < -0.3 is 4.74 Å². The average molecular weight is 278 g/mol. The van der Waals surface area contributed by atoms with Crippen LogP contribution in [0.15, 0.2) is 18.2 Å². The molecule has 7 nitrogen and oxygen atoms in total. The zero-order valence-electron chi connectivity index (χ0n) is 11.0. The Bertz CT molecular complexity index is 570. The minimum Gasteiger partial charge on any atom is -0.482 e. The Morgan fingerprint density at radius 3 is 2.90 bits per heavy atom. The van der Waals surface area contributed by atoms with Crippen LogP contribution in [0.3, 0.4) is 0 Å². The van der Waals surface area contributed by atoms with Gasteiger partial charge in [-0.1, -0.05) is 6.92 Å². The number of non-ortho nitro benzene ring substituents is 1. The molecule has 1 aliphatic heterocycles. The van der Waals surface area contributed by atoms with Crippen LogP contribution >= 0.6 is 0 Å². The fourth-order valence-electron chi connectivity index (χ4n) is 2.01. The maximum atomic E-state index is 11.9. The fourth-order valence-corrected chi connectivity index (χ4v) is 2.01. The van der Waals surface area contributed by atoms with E-state index in [1.54, 1.807) is 0 Å². The third-order valence-electron chi connectivity index (χ3n) is 2.96.